The van der Waals surface area contributed by atoms with Crippen molar-refractivity contribution in [3.63, 3.8) is 0 Å². The molecule has 2 N–H and O–H groups in total. The van der Waals surface area contributed by atoms with Crippen molar-refractivity contribution in [2.75, 3.05) is 6.54 Å². The highest BCUT2D eigenvalue weighted by molar-refractivity contribution is 6.30. The van der Waals surface area contributed by atoms with E-state index < -0.39 is 23.8 Å². The molecule has 28 heavy (non-hydrogen) atoms. The predicted molar refractivity (Wildman–Crippen MR) is 104 cm³/mol. The molecule has 1 aromatic carbocycles. The summed E-state index contributed by atoms with van der Waals surface area (Å²) in [5.74, 6) is -1.82. The van der Waals surface area contributed by atoms with E-state index in [0.717, 1.165) is 0 Å². The average Bonchev–Trinajstić information content (AvgIpc) is 2.93. The lowest BCUT2D eigenvalue weighted by atomic mass is 10.0. The molecule has 1 amide bonds. The molecule has 0 aliphatic heterocycles. The number of ether oxygens (including phenoxy) is 1. The fourth-order valence-corrected chi connectivity index (χ4v) is 3.00. The summed E-state index contributed by atoms with van der Waals surface area (Å²) in [7, 11) is 0. The van der Waals surface area contributed by atoms with Crippen molar-refractivity contribution >= 4 is 35.0 Å². The number of rotatable bonds is 7. The number of aromatic amines is 1. The first-order chi connectivity index (χ1) is 13.1. The van der Waals surface area contributed by atoms with Gasteiger partial charge in [0, 0.05) is 21.8 Å². The molecule has 8 heteroatoms. The molecule has 0 aliphatic carbocycles. The summed E-state index contributed by atoms with van der Waals surface area (Å²) in [4.78, 5) is 51.1. The van der Waals surface area contributed by atoms with Gasteiger partial charge in [-0.15, -0.1) is 0 Å². The summed E-state index contributed by atoms with van der Waals surface area (Å²) in [6.45, 7) is 5.83. The van der Waals surface area contributed by atoms with Crippen molar-refractivity contribution in [3.8, 4) is 0 Å². The SMILES string of the molecule is CC(=O)c1c(C)[nH]c(C(=O)[C@@H](C)OC(=O)CNC(=O)c2ccc(Cl)cc2)c1C. The molecule has 0 saturated carbocycles. The van der Waals surface area contributed by atoms with Crippen LogP contribution < -0.4 is 5.32 Å². The van der Waals surface area contributed by atoms with E-state index in [2.05, 4.69) is 10.3 Å². The van der Waals surface area contributed by atoms with Crippen molar-refractivity contribution in [3.05, 3.63) is 57.4 Å². The van der Waals surface area contributed by atoms with Crippen molar-refractivity contribution in [2.45, 2.75) is 33.8 Å². The van der Waals surface area contributed by atoms with E-state index in [4.69, 9.17) is 16.3 Å². The van der Waals surface area contributed by atoms with Crippen LogP contribution in [0.25, 0.3) is 0 Å². The number of nitrogens with one attached hydrogen (secondary N) is 2. The molecule has 1 heterocycles. The van der Waals surface area contributed by atoms with Gasteiger partial charge in [-0.25, -0.2) is 0 Å². The maximum atomic E-state index is 12.6. The number of hydrogen-bond donors (Lipinski definition) is 2. The normalized spacial score (nSPS) is 11.6. The van der Waals surface area contributed by atoms with Crippen molar-refractivity contribution < 1.29 is 23.9 Å². The number of halogens is 1. The molecule has 1 atom stereocenters. The summed E-state index contributed by atoms with van der Waals surface area (Å²) in [6.07, 6.45) is -1.07. The number of amides is 1. The van der Waals surface area contributed by atoms with E-state index in [9.17, 15) is 19.2 Å². The molecule has 1 aromatic heterocycles. The molecule has 148 valence electrons. The van der Waals surface area contributed by atoms with Gasteiger partial charge in [-0.1, -0.05) is 11.6 Å². The van der Waals surface area contributed by atoms with Crippen LogP contribution in [-0.4, -0.2) is 41.1 Å². The van der Waals surface area contributed by atoms with Crippen molar-refractivity contribution in [2.24, 2.45) is 0 Å². The monoisotopic (exact) mass is 404 g/mol. The number of carbonyl (C=O) groups excluding carboxylic acids is 4. The highest BCUT2D eigenvalue weighted by Gasteiger charge is 2.26. The van der Waals surface area contributed by atoms with Crippen molar-refractivity contribution in [1.29, 1.82) is 0 Å². The Balaban J connectivity index is 1.96. The largest absolute Gasteiger partial charge is 0.453 e. The van der Waals surface area contributed by atoms with Crippen LogP contribution in [0.15, 0.2) is 24.3 Å². The minimum Gasteiger partial charge on any atom is -0.453 e. The van der Waals surface area contributed by atoms with Gasteiger partial charge >= 0.3 is 5.97 Å². The number of Topliss-reactive ketones (excluding diaryl/α,β-unsaturated/α-hetero) is 2. The van der Waals surface area contributed by atoms with Crippen molar-refractivity contribution in [1.82, 2.24) is 10.3 Å². The minimum atomic E-state index is -1.07. The number of hydrogen-bond acceptors (Lipinski definition) is 5. The Morgan fingerprint density at radius 3 is 2.29 bits per heavy atom. The summed E-state index contributed by atoms with van der Waals surface area (Å²) in [6, 6.07) is 6.17. The Bertz CT molecular complexity index is 931. The van der Waals surface area contributed by atoms with Crippen LogP contribution in [0, 0.1) is 13.8 Å². The molecule has 2 aromatic rings. The molecule has 0 bridgehead atoms. The predicted octanol–water partition coefficient (Wildman–Crippen LogP) is 3.03. The molecular weight excluding hydrogens is 384 g/mol. The van der Waals surface area contributed by atoms with Crippen LogP contribution in [0.2, 0.25) is 5.02 Å². The van der Waals surface area contributed by atoms with Crippen LogP contribution in [0.3, 0.4) is 0 Å². The molecule has 7 nitrogen and oxygen atoms in total. The first-order valence-corrected chi connectivity index (χ1v) is 8.97. The van der Waals surface area contributed by atoms with Gasteiger partial charge in [-0.3, -0.25) is 19.2 Å². The number of aryl methyl sites for hydroxylation is 1. The highest BCUT2D eigenvalue weighted by Crippen LogP contribution is 2.20. The van der Waals surface area contributed by atoms with E-state index in [1.807, 2.05) is 0 Å². The van der Waals surface area contributed by atoms with Crippen LogP contribution in [-0.2, 0) is 9.53 Å². The lowest BCUT2D eigenvalue weighted by Crippen LogP contribution is -2.34. The van der Waals surface area contributed by atoms with E-state index in [-0.39, 0.29) is 18.0 Å². The Kier molecular flexibility index (Phi) is 6.75. The van der Waals surface area contributed by atoms with Crippen LogP contribution in [0.4, 0.5) is 0 Å². The second kappa shape index (κ2) is 8.84. The molecule has 0 aliphatic rings. The Hall–Kier alpha value is -2.93. The first-order valence-electron chi connectivity index (χ1n) is 8.59. The molecule has 2 rings (SSSR count). The summed E-state index contributed by atoms with van der Waals surface area (Å²) < 4.78 is 5.11. The van der Waals surface area contributed by atoms with E-state index >= 15 is 0 Å². The fraction of sp³-hybridized carbons (Fsp3) is 0.300. The smallest absolute Gasteiger partial charge is 0.326 e. The summed E-state index contributed by atoms with van der Waals surface area (Å²) in [5.41, 5.74) is 2.14. The highest BCUT2D eigenvalue weighted by atomic mass is 35.5. The van der Waals surface area contributed by atoms with Gasteiger partial charge in [0.05, 0.1) is 5.69 Å². The average molecular weight is 405 g/mol. The van der Waals surface area contributed by atoms with Gasteiger partial charge in [0.1, 0.15) is 6.54 Å². The zero-order valence-corrected chi connectivity index (χ0v) is 16.8. The molecule has 0 unspecified atom stereocenters. The van der Waals surface area contributed by atoms with Gasteiger partial charge < -0.3 is 15.0 Å². The second-order valence-corrected chi connectivity index (χ2v) is 6.80. The van der Waals surface area contributed by atoms with E-state index in [0.29, 0.717) is 27.4 Å². The quantitative estimate of drug-likeness (QED) is 0.545. The fourth-order valence-electron chi connectivity index (χ4n) is 2.88. The lowest BCUT2D eigenvalue weighted by molar-refractivity contribution is -0.145. The zero-order chi connectivity index (χ0) is 21.0. The molecule has 0 saturated heterocycles. The summed E-state index contributed by atoms with van der Waals surface area (Å²) in [5, 5.41) is 2.91. The third-order valence-corrected chi connectivity index (χ3v) is 4.47. The number of benzene rings is 1. The van der Waals surface area contributed by atoms with E-state index in [1.165, 1.54) is 26.0 Å². The van der Waals surface area contributed by atoms with Gasteiger partial charge in [0.15, 0.2) is 11.9 Å². The number of esters is 1. The zero-order valence-electron chi connectivity index (χ0n) is 16.0. The number of carbonyl (C=O) groups is 4. The molecular formula is C20H21ClN2O5. The topological polar surface area (TPSA) is 105 Å². The maximum absolute atomic E-state index is 12.6. The van der Waals surface area contributed by atoms with Gasteiger partial charge in [-0.05, 0) is 57.5 Å². The molecule has 0 spiro atoms. The van der Waals surface area contributed by atoms with Crippen LogP contribution in [0.5, 0.6) is 0 Å². The Morgan fingerprint density at radius 2 is 1.75 bits per heavy atom. The Morgan fingerprint density at radius 1 is 1.14 bits per heavy atom. The third-order valence-electron chi connectivity index (χ3n) is 4.21. The standard InChI is InChI=1S/C20H21ClN2O5/c1-10-17(12(3)24)11(2)23-18(10)19(26)13(4)28-16(25)9-22-20(27)14-5-7-15(21)8-6-14/h5-8,13,23H,9H2,1-4H3,(H,22,27)/t13-/m1/s1. The van der Waals surface area contributed by atoms with Gasteiger partial charge in [0.25, 0.3) is 5.91 Å². The maximum Gasteiger partial charge on any atom is 0.326 e. The molecule has 0 radical (unpaired) electrons. The van der Waals surface area contributed by atoms with Gasteiger partial charge in [-0.2, -0.15) is 0 Å². The summed E-state index contributed by atoms with van der Waals surface area (Å²) >= 11 is 5.76. The Labute approximate surface area is 167 Å². The van der Waals surface area contributed by atoms with E-state index in [1.54, 1.807) is 26.0 Å². The van der Waals surface area contributed by atoms with Gasteiger partial charge in [0.2, 0.25) is 5.78 Å². The number of ketones is 2. The van der Waals surface area contributed by atoms with Crippen LogP contribution >= 0.6 is 11.6 Å². The minimum absolute atomic E-state index is 0.153. The second-order valence-electron chi connectivity index (χ2n) is 6.37. The molecule has 0 fully saturated rings. The first kappa shape index (κ1) is 21.4. The lowest BCUT2D eigenvalue weighted by Gasteiger charge is -2.13. The number of H-pyrrole nitrogens is 1. The number of aromatic nitrogens is 1. The third kappa shape index (κ3) is 4.86. The van der Waals surface area contributed by atoms with Crippen LogP contribution in [0.1, 0.15) is 56.3 Å².